The van der Waals surface area contributed by atoms with E-state index in [1.807, 2.05) is 13.0 Å². The van der Waals surface area contributed by atoms with Crippen LogP contribution in [0.1, 0.15) is 11.1 Å². The van der Waals surface area contributed by atoms with Gasteiger partial charge in [-0.1, -0.05) is 18.2 Å². The highest BCUT2D eigenvalue weighted by atomic mass is 19.4. The van der Waals surface area contributed by atoms with Gasteiger partial charge in [0.2, 0.25) is 0 Å². The largest absolute Gasteiger partial charge is 0.416 e. The Morgan fingerprint density at radius 2 is 1.80 bits per heavy atom. The zero-order valence-electron chi connectivity index (χ0n) is 13.2. The van der Waals surface area contributed by atoms with Crippen LogP contribution >= 0.6 is 0 Å². The Morgan fingerprint density at radius 3 is 2.44 bits per heavy atom. The number of carbonyl (C=O) groups excluding carboxylic acids is 1. The maximum atomic E-state index is 12.7. The van der Waals surface area contributed by atoms with Crippen molar-refractivity contribution in [2.75, 3.05) is 10.6 Å². The van der Waals surface area contributed by atoms with Crippen LogP contribution in [0.2, 0.25) is 0 Å². The van der Waals surface area contributed by atoms with Crippen molar-refractivity contribution in [2.45, 2.75) is 13.1 Å². The Kier molecular flexibility index (Phi) is 5.45. The summed E-state index contributed by atoms with van der Waals surface area (Å²) >= 11 is 0. The van der Waals surface area contributed by atoms with Gasteiger partial charge in [0, 0.05) is 17.6 Å². The number of carbonyl (C=O) groups is 1. The quantitative estimate of drug-likeness (QED) is 0.635. The number of hydrogen-bond donors (Lipinski definition) is 2. The molecule has 0 aliphatic rings. The van der Waals surface area contributed by atoms with Gasteiger partial charge in [-0.15, -0.1) is 0 Å². The number of hydrogen-bond acceptors (Lipinski definition) is 3. The maximum absolute atomic E-state index is 12.7. The monoisotopic (exact) mass is 345 g/mol. The molecule has 0 aromatic heterocycles. The summed E-state index contributed by atoms with van der Waals surface area (Å²) in [5.74, 6) is -0.660. The first kappa shape index (κ1) is 18.1. The Labute approximate surface area is 142 Å². The lowest BCUT2D eigenvalue weighted by Gasteiger charge is -2.09. The molecule has 25 heavy (non-hydrogen) atoms. The summed E-state index contributed by atoms with van der Waals surface area (Å²) in [6.07, 6.45) is -3.40. The number of rotatable bonds is 4. The Hall–Kier alpha value is -3.27. The standard InChI is InChI=1S/C18H14F3N3O/c1-12-4-2-7-16(8-12)24-17(25)13(10-22)11-23-15-6-3-5-14(9-15)18(19,20)21/h2-9,11,23H,1H3,(H,24,25)/b13-11-. The lowest BCUT2D eigenvalue weighted by molar-refractivity contribution is -0.137. The van der Waals surface area contributed by atoms with Crippen molar-refractivity contribution in [1.29, 1.82) is 5.26 Å². The summed E-state index contributed by atoms with van der Waals surface area (Å²) < 4.78 is 38.0. The van der Waals surface area contributed by atoms with Gasteiger partial charge < -0.3 is 10.6 Å². The number of nitriles is 1. The number of nitrogens with one attached hydrogen (secondary N) is 2. The summed E-state index contributed by atoms with van der Waals surface area (Å²) in [5.41, 5.74) is 0.478. The fourth-order valence-corrected chi connectivity index (χ4v) is 2.01. The van der Waals surface area contributed by atoms with Crippen LogP contribution in [-0.2, 0) is 11.0 Å². The lowest BCUT2D eigenvalue weighted by Crippen LogP contribution is -2.14. The molecular formula is C18H14F3N3O. The molecule has 7 heteroatoms. The van der Waals surface area contributed by atoms with E-state index in [-0.39, 0.29) is 11.3 Å². The molecule has 4 nitrogen and oxygen atoms in total. The molecule has 0 atom stereocenters. The fraction of sp³-hybridized carbons (Fsp3) is 0.111. The van der Waals surface area contributed by atoms with Crippen molar-refractivity contribution in [2.24, 2.45) is 0 Å². The number of aryl methyl sites for hydroxylation is 1. The summed E-state index contributed by atoms with van der Waals surface area (Å²) in [6.45, 7) is 1.85. The van der Waals surface area contributed by atoms with Crippen molar-refractivity contribution in [3.05, 3.63) is 71.4 Å². The first-order valence-corrected chi connectivity index (χ1v) is 7.21. The fourth-order valence-electron chi connectivity index (χ4n) is 2.01. The van der Waals surface area contributed by atoms with Crippen LogP contribution in [0, 0.1) is 18.3 Å². The van der Waals surface area contributed by atoms with Crippen LogP contribution in [0.5, 0.6) is 0 Å². The molecule has 0 aliphatic heterocycles. The topological polar surface area (TPSA) is 64.9 Å². The first-order chi connectivity index (χ1) is 11.8. The molecule has 2 rings (SSSR count). The zero-order chi connectivity index (χ0) is 18.4. The second-order valence-corrected chi connectivity index (χ2v) is 5.22. The third-order valence-electron chi connectivity index (χ3n) is 3.21. The third kappa shape index (κ3) is 5.11. The summed E-state index contributed by atoms with van der Waals surface area (Å²) in [5, 5.41) is 14.2. The minimum Gasteiger partial charge on any atom is -0.360 e. The molecule has 0 saturated carbocycles. The molecule has 0 aliphatic carbocycles. The normalized spacial score (nSPS) is 11.6. The SMILES string of the molecule is Cc1cccc(NC(=O)/C(C#N)=C\Nc2cccc(C(F)(F)F)c2)c1. The number of anilines is 2. The number of nitrogens with zero attached hydrogens (tertiary/aromatic N) is 1. The van der Waals surface area contributed by atoms with Crippen LogP contribution in [0.25, 0.3) is 0 Å². The van der Waals surface area contributed by atoms with E-state index >= 15 is 0 Å². The van der Waals surface area contributed by atoms with Crippen molar-refractivity contribution in [3.63, 3.8) is 0 Å². The molecular weight excluding hydrogens is 331 g/mol. The van der Waals surface area contributed by atoms with E-state index in [9.17, 15) is 18.0 Å². The van der Waals surface area contributed by atoms with Crippen molar-refractivity contribution < 1.29 is 18.0 Å². The van der Waals surface area contributed by atoms with Gasteiger partial charge in [-0.2, -0.15) is 18.4 Å². The lowest BCUT2D eigenvalue weighted by atomic mass is 10.2. The van der Waals surface area contributed by atoms with E-state index in [4.69, 9.17) is 5.26 Å². The molecule has 128 valence electrons. The van der Waals surface area contributed by atoms with Crippen LogP contribution in [0.3, 0.4) is 0 Å². The molecule has 1 amide bonds. The average molecular weight is 345 g/mol. The number of amides is 1. The van der Waals surface area contributed by atoms with Crippen LogP contribution < -0.4 is 10.6 Å². The number of alkyl halides is 3. The van der Waals surface area contributed by atoms with Crippen molar-refractivity contribution >= 4 is 17.3 Å². The molecule has 0 unspecified atom stereocenters. The summed E-state index contributed by atoms with van der Waals surface area (Å²) in [4.78, 5) is 12.1. The van der Waals surface area contributed by atoms with E-state index in [0.717, 1.165) is 23.9 Å². The predicted molar refractivity (Wildman–Crippen MR) is 88.6 cm³/mol. The summed E-state index contributed by atoms with van der Waals surface area (Å²) in [6, 6.07) is 13.2. The van der Waals surface area contributed by atoms with Crippen LogP contribution in [0.4, 0.5) is 24.5 Å². The minimum absolute atomic E-state index is 0.117. The average Bonchev–Trinajstić information content (AvgIpc) is 2.55. The van der Waals surface area contributed by atoms with E-state index in [2.05, 4.69) is 10.6 Å². The molecule has 2 aromatic carbocycles. The predicted octanol–water partition coefficient (Wildman–Crippen LogP) is 4.47. The second kappa shape index (κ2) is 7.53. The Morgan fingerprint density at radius 1 is 1.12 bits per heavy atom. The van der Waals surface area contributed by atoms with Gasteiger partial charge in [0.1, 0.15) is 11.6 Å². The third-order valence-corrected chi connectivity index (χ3v) is 3.21. The number of halogens is 3. The highest BCUT2D eigenvalue weighted by Crippen LogP contribution is 2.30. The maximum Gasteiger partial charge on any atom is 0.416 e. The van der Waals surface area contributed by atoms with Gasteiger partial charge in [-0.25, -0.2) is 0 Å². The van der Waals surface area contributed by atoms with Gasteiger partial charge >= 0.3 is 6.18 Å². The highest BCUT2D eigenvalue weighted by Gasteiger charge is 2.30. The second-order valence-electron chi connectivity index (χ2n) is 5.22. The van der Waals surface area contributed by atoms with Crippen LogP contribution in [0.15, 0.2) is 60.3 Å². The molecule has 0 bridgehead atoms. The van der Waals surface area contributed by atoms with Gasteiger partial charge in [-0.05, 0) is 42.8 Å². The molecule has 0 saturated heterocycles. The Bertz CT molecular complexity index is 851. The minimum atomic E-state index is -4.47. The molecule has 0 heterocycles. The summed E-state index contributed by atoms with van der Waals surface area (Å²) in [7, 11) is 0. The molecule has 2 aromatic rings. The first-order valence-electron chi connectivity index (χ1n) is 7.21. The highest BCUT2D eigenvalue weighted by molar-refractivity contribution is 6.06. The van der Waals surface area contributed by atoms with Gasteiger partial charge in [0.05, 0.1) is 5.56 Å². The number of benzene rings is 2. The molecule has 2 N–H and O–H groups in total. The molecule has 0 radical (unpaired) electrons. The van der Waals surface area contributed by atoms with Gasteiger partial charge in [0.25, 0.3) is 5.91 Å². The zero-order valence-corrected chi connectivity index (χ0v) is 13.2. The van der Waals surface area contributed by atoms with Crippen LogP contribution in [-0.4, -0.2) is 5.91 Å². The smallest absolute Gasteiger partial charge is 0.360 e. The molecule has 0 fully saturated rings. The van der Waals surface area contributed by atoms with E-state index in [1.165, 1.54) is 12.1 Å². The van der Waals surface area contributed by atoms with E-state index in [1.54, 1.807) is 24.3 Å². The van der Waals surface area contributed by atoms with E-state index in [0.29, 0.717) is 5.69 Å². The molecule has 0 spiro atoms. The Balaban J connectivity index is 2.12. The van der Waals surface area contributed by atoms with Gasteiger partial charge in [0.15, 0.2) is 0 Å². The van der Waals surface area contributed by atoms with Gasteiger partial charge in [-0.3, -0.25) is 4.79 Å². The van der Waals surface area contributed by atoms with Crippen molar-refractivity contribution in [1.82, 2.24) is 0 Å². The van der Waals surface area contributed by atoms with Crippen molar-refractivity contribution in [3.8, 4) is 6.07 Å². The van der Waals surface area contributed by atoms with E-state index < -0.39 is 17.6 Å².